The van der Waals surface area contributed by atoms with Crippen LogP contribution in [0.25, 0.3) is 10.6 Å². The maximum atomic E-state index is 3.85. The average Bonchev–Trinajstić information content (AvgIpc) is 2.72. The van der Waals surface area contributed by atoms with Crippen molar-refractivity contribution in [2.24, 2.45) is 0 Å². The van der Waals surface area contributed by atoms with Crippen molar-refractivity contribution in [3.8, 4) is 0 Å². The molecule has 0 N–H and O–H groups in total. The predicted octanol–water partition coefficient (Wildman–Crippen LogP) is 6.69. The molecule has 2 aliphatic heterocycles. The fourth-order valence-corrected chi connectivity index (χ4v) is 1.62. The molecule has 0 spiro atoms. The van der Waals surface area contributed by atoms with Crippen molar-refractivity contribution < 1.29 is 65.4 Å². The molecule has 0 fully saturated rings. The van der Waals surface area contributed by atoms with Crippen LogP contribution in [0.4, 0.5) is 0 Å². The summed E-state index contributed by atoms with van der Waals surface area (Å²) in [6.45, 7) is 11.4. The van der Waals surface area contributed by atoms with Crippen molar-refractivity contribution in [2.45, 2.75) is 13.8 Å². The monoisotopic (exact) mass is 548 g/mol. The number of aromatic nitrogens is 2. The van der Waals surface area contributed by atoms with Crippen LogP contribution in [-0.4, -0.2) is 9.97 Å². The molecule has 0 aromatic carbocycles. The smallest absolute Gasteiger partial charge is 0.0270 e. The summed E-state index contributed by atoms with van der Waals surface area (Å²) < 4.78 is 0. The molecule has 0 saturated carbocycles. The molecule has 30 heavy (non-hydrogen) atoms. The zero-order valence-corrected chi connectivity index (χ0v) is 23.3. The zero-order valence-electron chi connectivity index (χ0n) is 17.6. The Hall–Kier alpha value is -1.45. The van der Waals surface area contributed by atoms with Crippen LogP contribution >= 0.6 is 0 Å². The SMILES string of the molecule is C=C1C=C[N-]C=C1.C=C1C=C[N-]C=C1.Cc1ccncc1.Cc1ccncc1.[Y].[Y]. The average molecular weight is 548 g/mol. The van der Waals surface area contributed by atoms with E-state index in [1.54, 1.807) is 49.6 Å². The van der Waals surface area contributed by atoms with Gasteiger partial charge in [0.2, 0.25) is 0 Å². The Morgan fingerprint density at radius 3 is 0.967 bits per heavy atom. The third-order valence-corrected chi connectivity index (χ3v) is 3.19. The summed E-state index contributed by atoms with van der Waals surface area (Å²) in [7, 11) is 0. The second-order valence-corrected chi connectivity index (χ2v) is 5.76. The molecule has 0 atom stereocenters. The molecule has 0 aliphatic carbocycles. The van der Waals surface area contributed by atoms with Gasteiger partial charge in [-0.1, -0.05) is 37.5 Å². The van der Waals surface area contributed by atoms with Gasteiger partial charge < -0.3 is 10.6 Å². The topological polar surface area (TPSA) is 54.0 Å². The first-order valence-electron chi connectivity index (χ1n) is 8.75. The van der Waals surface area contributed by atoms with Crippen molar-refractivity contribution in [1.82, 2.24) is 9.97 Å². The van der Waals surface area contributed by atoms with E-state index in [0.29, 0.717) is 0 Å². The first-order valence-corrected chi connectivity index (χ1v) is 8.75. The van der Waals surface area contributed by atoms with Gasteiger partial charge in [0, 0.05) is 90.2 Å². The molecular formula is C24H26N4Y2-2. The van der Waals surface area contributed by atoms with E-state index in [1.807, 2.05) is 62.4 Å². The third kappa shape index (κ3) is 18.6. The summed E-state index contributed by atoms with van der Waals surface area (Å²) in [5, 5.41) is 7.61. The number of rotatable bonds is 0. The maximum absolute atomic E-state index is 3.85. The maximum Gasteiger partial charge on any atom is 0.0270 e. The Labute approximate surface area is 231 Å². The summed E-state index contributed by atoms with van der Waals surface area (Å²) in [5.74, 6) is 0. The molecular weight excluding hydrogens is 522 g/mol. The molecule has 150 valence electrons. The van der Waals surface area contributed by atoms with E-state index in [1.165, 1.54) is 11.1 Å². The summed E-state index contributed by atoms with van der Waals surface area (Å²) in [6.07, 6.45) is 21.5. The minimum atomic E-state index is 0. The molecule has 4 heterocycles. The minimum Gasteiger partial charge on any atom is -0.670 e. The number of pyridine rings is 2. The summed E-state index contributed by atoms with van der Waals surface area (Å²) >= 11 is 0. The molecule has 2 aliphatic rings. The number of hydrogen-bond donors (Lipinski definition) is 0. The molecule has 0 unspecified atom stereocenters. The first kappa shape index (κ1) is 30.7. The molecule has 6 heteroatoms. The van der Waals surface area contributed by atoms with Crippen LogP contribution in [0.2, 0.25) is 0 Å². The summed E-state index contributed by atoms with van der Waals surface area (Å²) in [5.41, 5.74) is 4.54. The van der Waals surface area contributed by atoms with Crippen LogP contribution in [0, 0.1) is 13.8 Å². The Morgan fingerprint density at radius 2 is 0.833 bits per heavy atom. The van der Waals surface area contributed by atoms with Gasteiger partial charge >= 0.3 is 0 Å². The normalized spacial score (nSPS) is 11.9. The van der Waals surface area contributed by atoms with Gasteiger partial charge in [-0.3, -0.25) is 9.97 Å². The van der Waals surface area contributed by atoms with Crippen LogP contribution in [0.5, 0.6) is 0 Å². The summed E-state index contributed by atoms with van der Waals surface area (Å²) in [4.78, 5) is 7.69. The largest absolute Gasteiger partial charge is 0.670 e. The van der Waals surface area contributed by atoms with Crippen molar-refractivity contribution in [3.63, 3.8) is 0 Å². The van der Waals surface area contributed by atoms with Crippen molar-refractivity contribution >= 4 is 0 Å². The van der Waals surface area contributed by atoms with Gasteiger partial charge in [0.1, 0.15) is 0 Å². The van der Waals surface area contributed by atoms with Crippen molar-refractivity contribution in [3.05, 3.63) is 144 Å². The van der Waals surface area contributed by atoms with E-state index in [2.05, 4.69) is 33.8 Å². The number of allylic oxidation sites excluding steroid dienone is 6. The molecule has 2 aromatic heterocycles. The fourth-order valence-electron chi connectivity index (χ4n) is 1.62. The van der Waals surface area contributed by atoms with Crippen LogP contribution in [0.15, 0.2) is 122 Å². The van der Waals surface area contributed by atoms with E-state index in [4.69, 9.17) is 0 Å². The van der Waals surface area contributed by atoms with Crippen LogP contribution in [-0.2, 0) is 65.4 Å². The Kier molecular flexibility index (Phi) is 21.3. The van der Waals surface area contributed by atoms with Gasteiger partial charge in [-0.15, -0.1) is 0 Å². The minimum absolute atomic E-state index is 0. The number of hydrogen-bond acceptors (Lipinski definition) is 2. The molecule has 2 radical (unpaired) electrons. The van der Waals surface area contributed by atoms with Crippen LogP contribution in [0.3, 0.4) is 0 Å². The standard InChI is InChI=1S/2C6H7N.2C6H6N.2Y/c4*1-6-2-4-7-5-3-6;;/h2*2-5H,1H3;2*2-5H,1H2;;/q;;2*-1;;. The second-order valence-electron chi connectivity index (χ2n) is 5.76. The predicted molar refractivity (Wildman–Crippen MR) is 120 cm³/mol. The molecule has 4 rings (SSSR count). The van der Waals surface area contributed by atoms with Crippen molar-refractivity contribution in [2.75, 3.05) is 0 Å². The molecule has 0 amide bonds. The molecule has 4 nitrogen and oxygen atoms in total. The number of nitrogens with zero attached hydrogens (tertiary/aromatic N) is 4. The zero-order chi connectivity index (χ0) is 20.5. The van der Waals surface area contributed by atoms with E-state index >= 15 is 0 Å². The molecule has 0 saturated heterocycles. The van der Waals surface area contributed by atoms with Crippen LogP contribution in [0.1, 0.15) is 11.1 Å². The van der Waals surface area contributed by atoms with Crippen LogP contribution < -0.4 is 0 Å². The van der Waals surface area contributed by atoms with Crippen molar-refractivity contribution in [1.29, 1.82) is 0 Å². The third-order valence-electron chi connectivity index (χ3n) is 3.19. The Bertz CT molecular complexity index is 727. The van der Waals surface area contributed by atoms with E-state index in [0.717, 1.165) is 11.1 Å². The molecule has 2 aromatic rings. The Morgan fingerprint density at radius 1 is 0.567 bits per heavy atom. The number of aryl methyl sites for hydroxylation is 2. The quantitative estimate of drug-likeness (QED) is 0.369. The van der Waals surface area contributed by atoms with Gasteiger partial charge in [0.15, 0.2) is 0 Å². The first-order chi connectivity index (χ1) is 13.6. The fraction of sp³-hybridized carbons (Fsp3) is 0.0833. The van der Waals surface area contributed by atoms with Gasteiger partial charge in [-0.2, -0.15) is 24.8 Å². The molecule has 0 bridgehead atoms. The second kappa shape index (κ2) is 20.8. The summed E-state index contributed by atoms with van der Waals surface area (Å²) in [6, 6.07) is 7.89. The Balaban J connectivity index is 0. The van der Waals surface area contributed by atoms with E-state index in [9.17, 15) is 0 Å². The van der Waals surface area contributed by atoms with Gasteiger partial charge in [-0.05, 0) is 60.4 Å². The van der Waals surface area contributed by atoms with E-state index in [-0.39, 0.29) is 65.4 Å². The van der Waals surface area contributed by atoms with Gasteiger partial charge in [0.25, 0.3) is 0 Å². The van der Waals surface area contributed by atoms with Gasteiger partial charge in [-0.25, -0.2) is 0 Å². The van der Waals surface area contributed by atoms with E-state index < -0.39 is 0 Å². The van der Waals surface area contributed by atoms with Gasteiger partial charge in [0.05, 0.1) is 0 Å².